The van der Waals surface area contributed by atoms with Crippen molar-refractivity contribution in [3.05, 3.63) is 93.7 Å². The van der Waals surface area contributed by atoms with Crippen molar-refractivity contribution in [2.45, 2.75) is 12.8 Å². The molecule has 5 nitrogen and oxygen atoms in total. The number of hydrogen-bond donors (Lipinski definition) is 2. The summed E-state index contributed by atoms with van der Waals surface area (Å²) < 4.78 is 2.48. The van der Waals surface area contributed by atoms with Crippen LogP contribution in [0.3, 0.4) is 0 Å². The van der Waals surface area contributed by atoms with Gasteiger partial charge in [0.2, 0.25) is 0 Å². The highest BCUT2D eigenvalue weighted by atomic mass is 79.9. The first kappa shape index (κ1) is 18.9. The summed E-state index contributed by atoms with van der Waals surface area (Å²) in [5.74, 6) is -0.710. The van der Waals surface area contributed by atoms with Gasteiger partial charge in [0.15, 0.2) is 0 Å². The lowest BCUT2D eigenvalue weighted by atomic mass is 9.99. The van der Waals surface area contributed by atoms with Gasteiger partial charge in [-0.15, -0.1) is 0 Å². The molecule has 1 heterocycles. The average Bonchev–Trinajstić information content (AvgIpc) is 3.03. The fourth-order valence-electron chi connectivity index (χ4n) is 2.88. The third-order valence-corrected chi connectivity index (χ3v) is 4.72. The van der Waals surface area contributed by atoms with E-state index in [-0.39, 0.29) is 11.8 Å². The maximum absolute atomic E-state index is 12.6. The summed E-state index contributed by atoms with van der Waals surface area (Å²) in [5.41, 5.74) is 8.14. The van der Waals surface area contributed by atoms with Gasteiger partial charge in [-0.2, -0.15) is 0 Å². The van der Waals surface area contributed by atoms with Crippen molar-refractivity contribution in [2.75, 3.05) is 0 Å². The lowest BCUT2D eigenvalue weighted by Crippen LogP contribution is -2.42. The molecular formula is C21H20BrN3O2. The summed E-state index contributed by atoms with van der Waals surface area (Å²) >= 11 is 3.33. The Hall–Kier alpha value is -2.86. The molecule has 1 aromatic heterocycles. The van der Waals surface area contributed by atoms with E-state index in [1.165, 1.54) is 5.56 Å². The van der Waals surface area contributed by atoms with Gasteiger partial charge in [-0.3, -0.25) is 20.4 Å². The molecule has 2 aromatic carbocycles. The molecule has 0 fully saturated rings. The fourth-order valence-corrected chi connectivity index (χ4v) is 3.40. The van der Waals surface area contributed by atoms with Gasteiger partial charge in [0.25, 0.3) is 11.8 Å². The average molecular weight is 426 g/mol. The second kappa shape index (κ2) is 8.68. The third-order valence-electron chi connectivity index (χ3n) is 4.28. The number of carbonyl (C=O) groups is 2. The van der Waals surface area contributed by atoms with E-state index >= 15 is 0 Å². The molecule has 0 saturated carbocycles. The zero-order valence-corrected chi connectivity index (χ0v) is 16.5. The van der Waals surface area contributed by atoms with E-state index in [1.54, 1.807) is 29.9 Å². The van der Waals surface area contributed by atoms with Crippen molar-refractivity contribution in [3.63, 3.8) is 0 Å². The van der Waals surface area contributed by atoms with Crippen LogP contribution in [-0.4, -0.2) is 16.4 Å². The first-order valence-electron chi connectivity index (χ1n) is 8.59. The Morgan fingerprint density at radius 2 is 1.59 bits per heavy atom. The minimum Gasteiger partial charge on any atom is -0.345 e. The number of nitrogens with one attached hydrogen (secondary N) is 2. The monoisotopic (exact) mass is 425 g/mol. The number of rotatable bonds is 5. The fraction of sp³-hybridized carbons (Fsp3) is 0.143. The summed E-state index contributed by atoms with van der Waals surface area (Å²) in [6.07, 6.45) is 3.36. The Kier molecular flexibility index (Phi) is 6.08. The van der Waals surface area contributed by atoms with Crippen LogP contribution in [0.1, 0.15) is 32.0 Å². The Morgan fingerprint density at radius 3 is 2.30 bits per heavy atom. The number of aryl methyl sites for hydroxylation is 3. The highest BCUT2D eigenvalue weighted by Gasteiger charge is 2.14. The number of hydrogen-bond acceptors (Lipinski definition) is 2. The van der Waals surface area contributed by atoms with Gasteiger partial charge >= 0.3 is 0 Å². The van der Waals surface area contributed by atoms with Crippen LogP contribution in [0.2, 0.25) is 0 Å². The molecule has 0 atom stereocenters. The maximum atomic E-state index is 12.6. The van der Waals surface area contributed by atoms with Crippen molar-refractivity contribution in [1.29, 1.82) is 0 Å². The summed E-state index contributed by atoms with van der Waals surface area (Å²) in [6.45, 7) is 0. The van der Waals surface area contributed by atoms with E-state index in [0.29, 0.717) is 11.3 Å². The highest BCUT2D eigenvalue weighted by molar-refractivity contribution is 9.10. The van der Waals surface area contributed by atoms with E-state index in [2.05, 4.69) is 38.9 Å². The van der Waals surface area contributed by atoms with E-state index in [0.717, 1.165) is 22.9 Å². The number of benzene rings is 2. The lowest BCUT2D eigenvalue weighted by Gasteiger charge is -2.11. The third kappa shape index (κ3) is 4.86. The molecule has 0 aliphatic carbocycles. The van der Waals surface area contributed by atoms with Gasteiger partial charge in [-0.1, -0.05) is 48.5 Å². The van der Waals surface area contributed by atoms with Crippen molar-refractivity contribution in [2.24, 2.45) is 7.05 Å². The molecule has 138 valence electrons. The lowest BCUT2D eigenvalue weighted by molar-refractivity contribution is 0.0841. The van der Waals surface area contributed by atoms with Crippen LogP contribution in [-0.2, 0) is 19.9 Å². The van der Waals surface area contributed by atoms with Gasteiger partial charge in [-0.25, -0.2) is 0 Å². The van der Waals surface area contributed by atoms with Gasteiger partial charge in [0.1, 0.15) is 5.69 Å². The van der Waals surface area contributed by atoms with Crippen LogP contribution in [0.4, 0.5) is 0 Å². The number of hydrazine groups is 1. The van der Waals surface area contributed by atoms with Crippen molar-refractivity contribution >= 4 is 27.7 Å². The van der Waals surface area contributed by atoms with Crippen LogP contribution in [0.15, 0.2) is 71.3 Å². The number of nitrogens with zero attached hydrogens (tertiary/aromatic N) is 1. The van der Waals surface area contributed by atoms with Crippen molar-refractivity contribution in [3.8, 4) is 0 Å². The molecular weight excluding hydrogens is 406 g/mol. The minimum atomic E-state index is -0.377. The molecule has 3 aromatic rings. The predicted molar refractivity (Wildman–Crippen MR) is 108 cm³/mol. The standard InChI is InChI=1S/C21H20BrN3O2/c1-25-14-17(22)13-19(25)21(27)24-23-20(26)18-10-6-5-9-16(18)12-11-15-7-3-2-4-8-15/h2-10,13-14H,11-12H2,1H3,(H,23,26)(H,24,27). The second-order valence-electron chi connectivity index (χ2n) is 6.21. The molecule has 0 saturated heterocycles. The van der Waals surface area contributed by atoms with E-state index in [9.17, 15) is 9.59 Å². The molecule has 0 bridgehead atoms. The Morgan fingerprint density at radius 1 is 0.926 bits per heavy atom. The molecule has 6 heteroatoms. The van der Waals surface area contributed by atoms with Crippen LogP contribution in [0, 0.1) is 0 Å². The Balaban J connectivity index is 1.64. The molecule has 0 unspecified atom stereocenters. The molecule has 3 rings (SSSR count). The summed E-state index contributed by atoms with van der Waals surface area (Å²) in [7, 11) is 1.76. The zero-order chi connectivity index (χ0) is 19.2. The predicted octanol–water partition coefficient (Wildman–Crippen LogP) is 3.65. The summed E-state index contributed by atoms with van der Waals surface area (Å²) in [4.78, 5) is 24.8. The number of halogens is 1. The molecule has 27 heavy (non-hydrogen) atoms. The molecule has 0 aliphatic rings. The van der Waals surface area contributed by atoms with Gasteiger partial charge in [-0.05, 0) is 52.0 Å². The molecule has 0 aliphatic heterocycles. The molecule has 2 amide bonds. The highest BCUT2D eigenvalue weighted by Crippen LogP contribution is 2.14. The molecule has 2 N–H and O–H groups in total. The number of carbonyl (C=O) groups excluding carboxylic acids is 2. The number of amides is 2. The molecule has 0 radical (unpaired) electrons. The van der Waals surface area contributed by atoms with E-state index < -0.39 is 0 Å². The second-order valence-corrected chi connectivity index (χ2v) is 7.12. The largest absolute Gasteiger partial charge is 0.345 e. The van der Waals surface area contributed by atoms with Crippen molar-refractivity contribution in [1.82, 2.24) is 15.4 Å². The smallest absolute Gasteiger partial charge is 0.286 e. The topological polar surface area (TPSA) is 63.1 Å². The summed E-state index contributed by atoms with van der Waals surface area (Å²) in [5, 5.41) is 0. The van der Waals surface area contributed by atoms with Crippen LogP contribution in [0.25, 0.3) is 0 Å². The quantitative estimate of drug-likeness (QED) is 0.612. The van der Waals surface area contributed by atoms with Crippen LogP contribution >= 0.6 is 15.9 Å². The Labute approximate surface area is 166 Å². The van der Waals surface area contributed by atoms with Gasteiger partial charge < -0.3 is 4.57 Å². The van der Waals surface area contributed by atoms with Gasteiger partial charge in [0, 0.05) is 23.3 Å². The van der Waals surface area contributed by atoms with Crippen LogP contribution in [0.5, 0.6) is 0 Å². The van der Waals surface area contributed by atoms with Gasteiger partial charge in [0.05, 0.1) is 0 Å². The van der Waals surface area contributed by atoms with E-state index in [1.807, 2.05) is 36.4 Å². The normalized spacial score (nSPS) is 10.4. The first-order chi connectivity index (χ1) is 13.0. The Bertz CT molecular complexity index is 951. The zero-order valence-electron chi connectivity index (χ0n) is 14.9. The summed E-state index contributed by atoms with van der Waals surface area (Å²) in [6, 6.07) is 19.3. The maximum Gasteiger partial charge on any atom is 0.286 e. The van der Waals surface area contributed by atoms with Crippen LogP contribution < -0.4 is 10.9 Å². The SMILES string of the molecule is Cn1cc(Br)cc1C(=O)NNC(=O)c1ccccc1CCc1ccccc1. The first-order valence-corrected chi connectivity index (χ1v) is 9.38. The number of aromatic nitrogens is 1. The van der Waals surface area contributed by atoms with E-state index in [4.69, 9.17) is 0 Å². The van der Waals surface area contributed by atoms with Crippen molar-refractivity contribution < 1.29 is 9.59 Å². The molecule has 0 spiro atoms. The minimum absolute atomic E-state index is 0.333.